The summed E-state index contributed by atoms with van der Waals surface area (Å²) in [6.07, 6.45) is 0. The van der Waals surface area contributed by atoms with E-state index < -0.39 is 5.97 Å². The van der Waals surface area contributed by atoms with Crippen molar-refractivity contribution in [3.63, 3.8) is 0 Å². The van der Waals surface area contributed by atoms with Crippen LogP contribution < -0.4 is 0 Å². The van der Waals surface area contributed by atoms with Crippen LogP contribution in [0.2, 0.25) is 0 Å². The van der Waals surface area contributed by atoms with E-state index in [2.05, 4.69) is 0 Å². The van der Waals surface area contributed by atoms with Gasteiger partial charge in [-0.1, -0.05) is 35.4 Å². The number of nitrogens with zero attached hydrogens (tertiary/aromatic N) is 2. The van der Waals surface area contributed by atoms with Crippen LogP contribution in [-0.2, 0) is 31.1 Å². The highest BCUT2D eigenvalue weighted by Gasteiger charge is 2.17. The first-order valence-electron chi connectivity index (χ1n) is 10.1. The average molecular weight is 433 g/mol. The van der Waals surface area contributed by atoms with Crippen molar-refractivity contribution >= 4 is 5.97 Å². The van der Waals surface area contributed by atoms with Crippen LogP contribution >= 0.6 is 0 Å². The smallest absolute Gasteiger partial charge is 0.317 e. The fourth-order valence-electron chi connectivity index (χ4n) is 3.68. The summed E-state index contributed by atoms with van der Waals surface area (Å²) in [5, 5.41) is 48.9. The lowest BCUT2D eigenvalue weighted by Gasteiger charge is -2.25. The van der Waals surface area contributed by atoms with E-state index in [0.29, 0.717) is 41.9 Å². The fourth-order valence-corrected chi connectivity index (χ4v) is 3.68. The summed E-state index contributed by atoms with van der Waals surface area (Å²) in [4.78, 5) is 15.0. The summed E-state index contributed by atoms with van der Waals surface area (Å²) in [5.41, 5.74) is 3.96. The van der Waals surface area contributed by atoms with Gasteiger partial charge in [0.25, 0.3) is 0 Å². The van der Waals surface area contributed by atoms with E-state index in [0.717, 1.165) is 11.1 Å². The minimum absolute atomic E-state index is 0.0157. The summed E-state index contributed by atoms with van der Waals surface area (Å²) in [7, 11) is 1.87. The Hall–Kier alpha value is -2.65. The van der Waals surface area contributed by atoms with E-state index in [1.54, 1.807) is 23.1 Å². The van der Waals surface area contributed by atoms with Crippen LogP contribution in [0.25, 0.3) is 0 Å². The molecule has 0 bridgehead atoms. The number of aliphatic hydroxyl groups excluding tert-OH is 2. The number of aromatic hydroxyl groups is 2. The Labute approximate surface area is 182 Å². The first kappa shape index (κ1) is 24.6. The largest absolute Gasteiger partial charge is 0.507 e. The number of aliphatic hydroxyl groups is 2. The molecular formula is C23H32N2O6. The van der Waals surface area contributed by atoms with Gasteiger partial charge < -0.3 is 30.4 Å². The second kappa shape index (κ2) is 11.1. The zero-order valence-corrected chi connectivity index (χ0v) is 18.3. The van der Waals surface area contributed by atoms with Crippen LogP contribution in [0.5, 0.6) is 11.5 Å². The molecule has 0 fully saturated rings. The molecule has 0 spiro atoms. The van der Waals surface area contributed by atoms with Crippen LogP contribution in [0, 0.1) is 13.8 Å². The molecule has 0 aliphatic heterocycles. The van der Waals surface area contributed by atoms with Gasteiger partial charge in [-0.2, -0.15) is 0 Å². The molecule has 0 radical (unpaired) electrons. The van der Waals surface area contributed by atoms with Crippen molar-refractivity contribution in [2.75, 3.05) is 26.7 Å². The molecule has 0 saturated heterocycles. The van der Waals surface area contributed by atoms with Gasteiger partial charge in [-0.05, 0) is 20.9 Å². The van der Waals surface area contributed by atoms with Crippen molar-refractivity contribution in [1.29, 1.82) is 0 Å². The third-order valence-electron chi connectivity index (χ3n) is 5.16. The minimum atomic E-state index is -0.971. The van der Waals surface area contributed by atoms with Gasteiger partial charge in [0.2, 0.25) is 0 Å². The number of benzene rings is 2. The van der Waals surface area contributed by atoms with Crippen LogP contribution in [-0.4, -0.2) is 68.0 Å². The standard InChI is InChI=1S/C23H32N2O6/c1-15-6-17(22(30)19(8-15)13-26)10-24(3)4-5-25(12-21(28)29)11-18-7-16(2)9-20(14-27)23(18)31/h6-9,26-27,30-31H,4-5,10-14H2,1-3H3,(H,28,29). The Bertz CT molecular complexity index is 915. The number of carbonyl (C=O) groups is 1. The molecule has 31 heavy (non-hydrogen) atoms. The Morgan fingerprint density at radius 3 is 1.71 bits per heavy atom. The molecule has 0 aliphatic carbocycles. The van der Waals surface area contributed by atoms with Crippen LogP contribution in [0.15, 0.2) is 24.3 Å². The van der Waals surface area contributed by atoms with E-state index >= 15 is 0 Å². The van der Waals surface area contributed by atoms with Gasteiger partial charge in [0.15, 0.2) is 0 Å². The van der Waals surface area contributed by atoms with Crippen molar-refractivity contribution in [3.05, 3.63) is 57.6 Å². The van der Waals surface area contributed by atoms with Crippen LogP contribution in [0.3, 0.4) is 0 Å². The maximum Gasteiger partial charge on any atom is 0.317 e. The third kappa shape index (κ3) is 6.93. The Balaban J connectivity index is 2.10. The second-order valence-electron chi connectivity index (χ2n) is 8.02. The van der Waals surface area contributed by atoms with Gasteiger partial charge >= 0.3 is 5.97 Å². The normalized spacial score (nSPS) is 11.5. The van der Waals surface area contributed by atoms with Crippen LogP contribution in [0.4, 0.5) is 0 Å². The zero-order valence-electron chi connectivity index (χ0n) is 18.3. The Morgan fingerprint density at radius 2 is 1.26 bits per heavy atom. The molecule has 5 N–H and O–H groups in total. The molecule has 0 saturated carbocycles. The summed E-state index contributed by atoms with van der Waals surface area (Å²) < 4.78 is 0. The van der Waals surface area contributed by atoms with Gasteiger partial charge in [-0.3, -0.25) is 9.69 Å². The van der Waals surface area contributed by atoms with E-state index in [-0.39, 0.29) is 37.8 Å². The molecule has 2 rings (SSSR count). The average Bonchev–Trinajstić information content (AvgIpc) is 2.70. The number of carboxylic acids is 1. The second-order valence-corrected chi connectivity index (χ2v) is 8.02. The summed E-state index contributed by atoms with van der Waals surface area (Å²) >= 11 is 0. The van der Waals surface area contributed by atoms with Crippen molar-refractivity contribution in [2.24, 2.45) is 0 Å². The third-order valence-corrected chi connectivity index (χ3v) is 5.16. The maximum atomic E-state index is 11.3. The first-order valence-corrected chi connectivity index (χ1v) is 10.1. The molecule has 8 heteroatoms. The molecule has 170 valence electrons. The van der Waals surface area contributed by atoms with Gasteiger partial charge in [-0.15, -0.1) is 0 Å². The summed E-state index contributed by atoms with van der Waals surface area (Å²) in [5.74, 6) is -0.914. The summed E-state index contributed by atoms with van der Waals surface area (Å²) in [6.45, 7) is 4.62. The van der Waals surface area contributed by atoms with Crippen molar-refractivity contribution in [2.45, 2.75) is 40.2 Å². The molecule has 2 aromatic rings. The number of hydrogen-bond donors (Lipinski definition) is 5. The molecule has 0 aromatic heterocycles. The van der Waals surface area contributed by atoms with Crippen molar-refractivity contribution in [3.8, 4) is 11.5 Å². The monoisotopic (exact) mass is 432 g/mol. The topological polar surface area (TPSA) is 125 Å². The fraction of sp³-hybridized carbons (Fsp3) is 0.435. The molecule has 0 unspecified atom stereocenters. The summed E-state index contributed by atoms with van der Waals surface area (Å²) in [6, 6.07) is 7.08. The molecular weight excluding hydrogens is 400 g/mol. The quantitative estimate of drug-likeness (QED) is 0.364. The van der Waals surface area contributed by atoms with E-state index in [4.69, 9.17) is 0 Å². The highest BCUT2D eigenvalue weighted by molar-refractivity contribution is 5.69. The van der Waals surface area contributed by atoms with E-state index in [1.165, 1.54) is 0 Å². The Kier molecular flexibility index (Phi) is 8.82. The number of carboxylic acid groups (broad SMARTS) is 1. The molecule has 0 heterocycles. The predicted molar refractivity (Wildman–Crippen MR) is 117 cm³/mol. The lowest BCUT2D eigenvalue weighted by molar-refractivity contribution is -0.138. The zero-order chi connectivity index (χ0) is 23.1. The van der Waals surface area contributed by atoms with Gasteiger partial charge in [0.1, 0.15) is 11.5 Å². The van der Waals surface area contributed by atoms with Crippen molar-refractivity contribution < 1.29 is 30.3 Å². The lowest BCUT2D eigenvalue weighted by atomic mass is 10.0. The number of phenols is 2. The Morgan fingerprint density at radius 1 is 0.806 bits per heavy atom. The molecule has 8 nitrogen and oxygen atoms in total. The van der Waals surface area contributed by atoms with Gasteiger partial charge in [0.05, 0.1) is 19.8 Å². The van der Waals surface area contributed by atoms with E-state index in [1.807, 2.05) is 31.9 Å². The van der Waals surface area contributed by atoms with Crippen molar-refractivity contribution in [1.82, 2.24) is 9.80 Å². The lowest BCUT2D eigenvalue weighted by Crippen LogP contribution is -2.36. The maximum absolute atomic E-state index is 11.3. The number of hydrogen-bond acceptors (Lipinski definition) is 7. The molecule has 0 atom stereocenters. The SMILES string of the molecule is Cc1cc(CO)c(O)c(CN(C)CCN(CC(=O)O)Cc2cc(C)cc(CO)c2O)c1. The minimum Gasteiger partial charge on any atom is -0.507 e. The van der Waals surface area contributed by atoms with Gasteiger partial charge in [-0.25, -0.2) is 0 Å². The van der Waals surface area contributed by atoms with Gasteiger partial charge in [0, 0.05) is 48.4 Å². The predicted octanol–water partition coefficient (Wildman–Crippen LogP) is 1.72. The molecule has 0 aliphatic rings. The number of likely N-dealkylation sites (N-methyl/N-ethyl adjacent to an activating group) is 1. The number of rotatable bonds is 11. The number of aliphatic carboxylic acids is 1. The highest BCUT2D eigenvalue weighted by atomic mass is 16.4. The van der Waals surface area contributed by atoms with Crippen LogP contribution in [0.1, 0.15) is 33.4 Å². The molecule has 2 aromatic carbocycles. The number of aryl methyl sites for hydroxylation is 2. The molecule has 0 amide bonds. The highest BCUT2D eigenvalue weighted by Crippen LogP contribution is 2.27. The first-order chi connectivity index (χ1) is 14.6. The van der Waals surface area contributed by atoms with E-state index in [9.17, 15) is 30.3 Å².